The number of aromatic nitrogens is 1. The van der Waals surface area contributed by atoms with Gasteiger partial charge in [-0.2, -0.15) is 0 Å². The molecule has 0 spiro atoms. The van der Waals surface area contributed by atoms with Crippen molar-refractivity contribution in [3.05, 3.63) is 39.4 Å². The maximum Gasteiger partial charge on any atom is 0.260 e. The highest BCUT2D eigenvalue weighted by Crippen LogP contribution is 2.37. The molecule has 2 aliphatic heterocycles. The monoisotopic (exact) mass is 420 g/mol. The van der Waals surface area contributed by atoms with Crippen molar-refractivity contribution in [2.24, 2.45) is 5.73 Å². The summed E-state index contributed by atoms with van der Waals surface area (Å²) in [4.78, 5) is 33.8. The Kier molecular flexibility index (Phi) is 5.27. The van der Waals surface area contributed by atoms with Gasteiger partial charge in [0.05, 0.1) is 25.3 Å². The number of nitrogens with two attached hydrogens (primary N) is 1. The van der Waals surface area contributed by atoms with Gasteiger partial charge in [0.1, 0.15) is 4.88 Å². The third-order valence-corrected chi connectivity index (χ3v) is 6.60. The predicted octanol–water partition coefficient (Wildman–Crippen LogP) is 2.25. The first-order valence-electron chi connectivity index (χ1n) is 9.17. The van der Waals surface area contributed by atoms with E-state index in [0.29, 0.717) is 53.4 Å². The molecule has 0 unspecified atom stereocenters. The zero-order valence-corrected chi connectivity index (χ0v) is 17.1. The first kappa shape index (κ1) is 19.2. The fraction of sp³-hybridized carbons (Fsp3) is 0.421. The van der Waals surface area contributed by atoms with E-state index in [9.17, 15) is 9.59 Å². The second-order valence-electron chi connectivity index (χ2n) is 6.97. The fourth-order valence-corrected chi connectivity index (χ4v) is 4.98. The third kappa shape index (κ3) is 3.47. The van der Waals surface area contributed by atoms with Crippen LogP contribution in [0.2, 0.25) is 5.02 Å². The van der Waals surface area contributed by atoms with Gasteiger partial charge in [-0.3, -0.25) is 9.59 Å². The molecule has 0 saturated carbocycles. The number of thiazole rings is 1. The number of amides is 2. The molecule has 28 heavy (non-hydrogen) atoms. The average Bonchev–Trinajstić information content (AvgIpc) is 3.24. The van der Waals surface area contributed by atoms with E-state index >= 15 is 0 Å². The number of carbonyl (C=O) groups is 2. The SMILES string of the molecule is C[C@H]1Cc2c(Cl)cccc2N1C(=O)Cc1nc(N2CCOCC2)sc1C(N)=O. The molecule has 1 fully saturated rings. The van der Waals surface area contributed by atoms with Crippen molar-refractivity contribution in [2.45, 2.75) is 25.8 Å². The van der Waals surface area contributed by atoms with E-state index in [1.54, 1.807) is 4.90 Å². The van der Waals surface area contributed by atoms with Crippen LogP contribution < -0.4 is 15.5 Å². The molecule has 2 aromatic rings. The first-order chi connectivity index (χ1) is 13.5. The zero-order valence-electron chi connectivity index (χ0n) is 15.5. The number of primary amides is 1. The number of rotatable bonds is 4. The van der Waals surface area contributed by atoms with Gasteiger partial charge in [-0.15, -0.1) is 0 Å². The van der Waals surface area contributed by atoms with E-state index in [0.717, 1.165) is 11.3 Å². The topological polar surface area (TPSA) is 88.8 Å². The smallest absolute Gasteiger partial charge is 0.260 e. The summed E-state index contributed by atoms with van der Waals surface area (Å²) in [6.45, 7) is 4.62. The molecule has 1 aromatic carbocycles. The number of carbonyl (C=O) groups excluding carboxylic acids is 2. The van der Waals surface area contributed by atoms with Crippen molar-refractivity contribution in [1.29, 1.82) is 0 Å². The van der Waals surface area contributed by atoms with E-state index in [4.69, 9.17) is 22.1 Å². The molecular weight excluding hydrogens is 400 g/mol. The summed E-state index contributed by atoms with van der Waals surface area (Å²) in [6.07, 6.45) is 0.731. The minimum absolute atomic E-state index is 0.00298. The fourth-order valence-electron chi connectivity index (χ4n) is 3.75. The Morgan fingerprint density at radius 3 is 2.82 bits per heavy atom. The van der Waals surface area contributed by atoms with Gasteiger partial charge in [0.15, 0.2) is 5.13 Å². The van der Waals surface area contributed by atoms with E-state index in [2.05, 4.69) is 9.88 Å². The molecule has 1 aromatic heterocycles. The second kappa shape index (κ2) is 7.69. The summed E-state index contributed by atoms with van der Waals surface area (Å²) in [5.41, 5.74) is 7.80. The number of benzene rings is 1. The Bertz CT molecular complexity index is 926. The molecule has 2 aliphatic rings. The van der Waals surface area contributed by atoms with Gasteiger partial charge in [0.2, 0.25) is 5.91 Å². The molecule has 3 heterocycles. The van der Waals surface area contributed by atoms with Crippen LogP contribution in [0.1, 0.15) is 27.9 Å². The Balaban J connectivity index is 1.60. The number of morpholine rings is 1. The van der Waals surface area contributed by atoms with Crippen molar-refractivity contribution < 1.29 is 14.3 Å². The highest BCUT2D eigenvalue weighted by Gasteiger charge is 2.33. The molecular formula is C19H21ClN4O3S. The predicted molar refractivity (Wildman–Crippen MR) is 109 cm³/mol. The van der Waals surface area contributed by atoms with Gasteiger partial charge in [-0.25, -0.2) is 4.98 Å². The van der Waals surface area contributed by atoms with Gasteiger partial charge >= 0.3 is 0 Å². The van der Waals surface area contributed by atoms with Crippen LogP contribution in [-0.4, -0.2) is 49.1 Å². The lowest BCUT2D eigenvalue weighted by Gasteiger charge is -2.26. The number of ether oxygens (including phenoxy) is 1. The highest BCUT2D eigenvalue weighted by molar-refractivity contribution is 7.17. The third-order valence-electron chi connectivity index (χ3n) is 5.07. The number of halogens is 1. The van der Waals surface area contributed by atoms with Gasteiger partial charge in [0.25, 0.3) is 5.91 Å². The lowest BCUT2D eigenvalue weighted by molar-refractivity contribution is -0.118. The van der Waals surface area contributed by atoms with Crippen LogP contribution in [0.3, 0.4) is 0 Å². The van der Waals surface area contributed by atoms with E-state index in [1.807, 2.05) is 25.1 Å². The van der Waals surface area contributed by atoms with Crippen molar-refractivity contribution in [1.82, 2.24) is 4.98 Å². The molecule has 1 atom stereocenters. The summed E-state index contributed by atoms with van der Waals surface area (Å²) in [7, 11) is 0. The van der Waals surface area contributed by atoms with Crippen molar-refractivity contribution in [3.63, 3.8) is 0 Å². The van der Waals surface area contributed by atoms with E-state index in [-0.39, 0.29) is 18.4 Å². The number of nitrogens with zero attached hydrogens (tertiary/aromatic N) is 3. The quantitative estimate of drug-likeness (QED) is 0.819. The summed E-state index contributed by atoms with van der Waals surface area (Å²) in [6, 6.07) is 5.57. The summed E-state index contributed by atoms with van der Waals surface area (Å²) >= 11 is 7.54. The zero-order chi connectivity index (χ0) is 19.8. The maximum atomic E-state index is 13.1. The highest BCUT2D eigenvalue weighted by atomic mass is 35.5. The first-order valence-corrected chi connectivity index (χ1v) is 10.4. The average molecular weight is 421 g/mol. The van der Waals surface area contributed by atoms with Gasteiger partial charge in [-0.1, -0.05) is 29.0 Å². The molecule has 4 rings (SSSR count). The normalized spacial score (nSPS) is 19.0. The second-order valence-corrected chi connectivity index (χ2v) is 8.35. The van der Waals surface area contributed by atoms with Gasteiger partial charge in [-0.05, 0) is 31.0 Å². The molecule has 1 saturated heterocycles. The van der Waals surface area contributed by atoms with Crippen molar-refractivity contribution >= 4 is 45.6 Å². The summed E-state index contributed by atoms with van der Waals surface area (Å²) in [5.74, 6) is -0.674. The van der Waals surface area contributed by atoms with Crippen LogP contribution in [0.25, 0.3) is 0 Å². The van der Waals surface area contributed by atoms with E-state index < -0.39 is 5.91 Å². The van der Waals surface area contributed by atoms with Crippen LogP contribution in [0, 0.1) is 0 Å². The van der Waals surface area contributed by atoms with Gasteiger partial charge in [0, 0.05) is 29.8 Å². The number of hydrogen-bond acceptors (Lipinski definition) is 6. The molecule has 2 N–H and O–H groups in total. The molecule has 2 amide bonds. The van der Waals surface area contributed by atoms with Crippen LogP contribution in [0.4, 0.5) is 10.8 Å². The molecule has 0 radical (unpaired) electrons. The molecule has 7 nitrogen and oxygen atoms in total. The molecule has 148 valence electrons. The van der Waals surface area contributed by atoms with Crippen LogP contribution >= 0.6 is 22.9 Å². The number of anilines is 2. The lowest BCUT2D eigenvalue weighted by Crippen LogP contribution is -2.37. The Hall–Kier alpha value is -2.16. The number of fused-ring (bicyclic) bond motifs is 1. The standard InChI is InChI=1S/C19H21ClN4O3S/c1-11-9-12-13(20)3-2-4-15(12)24(11)16(25)10-14-17(18(21)26)28-19(22-14)23-5-7-27-8-6-23/h2-4,11H,5-10H2,1H3,(H2,21,26)/t11-/m0/s1. The Labute approximate surface area is 172 Å². The van der Waals surface area contributed by atoms with E-state index in [1.165, 1.54) is 11.3 Å². The minimum Gasteiger partial charge on any atom is -0.378 e. The van der Waals surface area contributed by atoms with Crippen LogP contribution in [-0.2, 0) is 22.4 Å². The van der Waals surface area contributed by atoms with Crippen molar-refractivity contribution in [3.8, 4) is 0 Å². The summed E-state index contributed by atoms with van der Waals surface area (Å²) < 4.78 is 5.36. The molecule has 9 heteroatoms. The van der Waals surface area contributed by atoms with Gasteiger partial charge < -0.3 is 20.3 Å². The molecule has 0 bridgehead atoms. The van der Waals surface area contributed by atoms with Crippen molar-refractivity contribution in [2.75, 3.05) is 36.1 Å². The largest absolute Gasteiger partial charge is 0.378 e. The molecule has 0 aliphatic carbocycles. The number of hydrogen-bond donors (Lipinski definition) is 1. The maximum absolute atomic E-state index is 13.1. The van der Waals surface area contributed by atoms with Crippen LogP contribution in [0.15, 0.2) is 18.2 Å². The Morgan fingerprint density at radius 1 is 1.36 bits per heavy atom. The van der Waals surface area contributed by atoms with Crippen LogP contribution in [0.5, 0.6) is 0 Å². The minimum atomic E-state index is -0.558. The lowest BCUT2D eigenvalue weighted by atomic mass is 10.1. The Morgan fingerprint density at radius 2 is 2.11 bits per heavy atom. The summed E-state index contributed by atoms with van der Waals surface area (Å²) in [5, 5.41) is 1.37.